The minimum absolute atomic E-state index is 0.187. The Morgan fingerprint density at radius 1 is 1.14 bits per heavy atom. The average Bonchev–Trinajstić information content (AvgIpc) is 2.68. The van der Waals surface area contributed by atoms with Crippen molar-refractivity contribution in [1.29, 1.82) is 0 Å². The summed E-state index contributed by atoms with van der Waals surface area (Å²) in [6.45, 7) is 4.03. The van der Waals surface area contributed by atoms with Gasteiger partial charge in [-0.05, 0) is 61.9 Å². The van der Waals surface area contributed by atoms with Crippen molar-refractivity contribution in [3.8, 4) is 11.5 Å². The maximum atomic E-state index is 12.1. The van der Waals surface area contributed by atoms with Gasteiger partial charge in [0.25, 0.3) is 5.91 Å². The average molecular weight is 441 g/mol. The summed E-state index contributed by atoms with van der Waals surface area (Å²) in [6, 6.07) is 11.3. The van der Waals surface area contributed by atoms with E-state index in [1.165, 1.54) is 26.2 Å². The third kappa shape index (κ3) is 6.35. The Kier molecular flexibility index (Phi) is 7.89. The predicted molar refractivity (Wildman–Crippen MR) is 112 cm³/mol. The molecule has 0 aliphatic carbocycles. The van der Waals surface area contributed by atoms with Crippen molar-refractivity contribution in [2.24, 2.45) is 0 Å². The van der Waals surface area contributed by atoms with Gasteiger partial charge in [-0.2, -0.15) is 0 Å². The molecule has 0 heterocycles. The fourth-order valence-electron chi connectivity index (χ4n) is 2.35. The molecule has 2 aromatic carbocycles. The highest BCUT2D eigenvalue weighted by Gasteiger charge is 2.17. The molecule has 0 aromatic heterocycles. The maximum absolute atomic E-state index is 12.1. The maximum Gasteiger partial charge on any atom is 0.260 e. The number of sulfonamides is 1. The first-order valence-corrected chi connectivity index (χ1v) is 10.8. The number of aryl methyl sites for hydroxylation is 1. The van der Waals surface area contributed by atoms with Gasteiger partial charge in [0.05, 0.1) is 11.4 Å². The molecule has 2 rings (SSSR count). The number of halogens is 1. The molecule has 7 nitrogen and oxygen atoms in total. The molecule has 0 saturated carbocycles. The van der Waals surface area contributed by atoms with Crippen LogP contribution < -0.4 is 14.8 Å². The highest BCUT2D eigenvalue weighted by atomic mass is 35.5. The van der Waals surface area contributed by atoms with E-state index in [1.807, 2.05) is 6.92 Å². The molecule has 9 heteroatoms. The predicted octanol–water partition coefficient (Wildman–Crippen LogP) is 2.86. The molecule has 0 aliphatic heterocycles. The molecular weight excluding hydrogens is 416 g/mol. The molecule has 0 radical (unpaired) electrons. The molecule has 158 valence electrons. The van der Waals surface area contributed by atoms with Crippen LogP contribution >= 0.6 is 11.6 Å². The topological polar surface area (TPSA) is 84.9 Å². The Morgan fingerprint density at radius 3 is 2.34 bits per heavy atom. The number of carbonyl (C=O) groups is 1. The zero-order chi connectivity index (χ0) is 21.6. The summed E-state index contributed by atoms with van der Waals surface area (Å²) in [5, 5.41) is 3.37. The number of nitrogens with zero attached hydrogens (tertiary/aromatic N) is 1. The van der Waals surface area contributed by atoms with Gasteiger partial charge in [0.1, 0.15) is 18.1 Å². The van der Waals surface area contributed by atoms with E-state index >= 15 is 0 Å². The SMILES string of the molecule is Cc1cc(OC(C)C(=O)NCCOc2ccc(S(=O)(=O)N(C)C)cc2)ccc1Cl. The second kappa shape index (κ2) is 9.96. The quantitative estimate of drug-likeness (QED) is 0.606. The smallest absolute Gasteiger partial charge is 0.260 e. The van der Waals surface area contributed by atoms with Gasteiger partial charge in [0.2, 0.25) is 10.0 Å². The number of benzene rings is 2. The second-order valence-corrected chi connectivity index (χ2v) is 9.13. The van der Waals surface area contributed by atoms with E-state index in [9.17, 15) is 13.2 Å². The summed E-state index contributed by atoms with van der Waals surface area (Å²) in [6.07, 6.45) is -0.675. The molecule has 0 bridgehead atoms. The minimum Gasteiger partial charge on any atom is -0.492 e. The monoisotopic (exact) mass is 440 g/mol. The molecule has 1 N–H and O–H groups in total. The van der Waals surface area contributed by atoms with Gasteiger partial charge in [-0.3, -0.25) is 4.79 Å². The van der Waals surface area contributed by atoms with E-state index < -0.39 is 16.1 Å². The third-order valence-corrected chi connectivity index (χ3v) is 6.34. The zero-order valence-corrected chi connectivity index (χ0v) is 18.4. The number of hydrogen-bond acceptors (Lipinski definition) is 5. The molecule has 0 fully saturated rings. The fourth-order valence-corrected chi connectivity index (χ4v) is 3.37. The first-order valence-electron chi connectivity index (χ1n) is 8.97. The Hall–Kier alpha value is -2.29. The number of carbonyl (C=O) groups excluding carboxylic acids is 1. The number of nitrogens with one attached hydrogen (secondary N) is 1. The number of amides is 1. The standard InChI is InChI=1S/C20H25ClN2O5S/c1-14-13-17(7-10-19(14)21)28-15(2)20(24)22-11-12-27-16-5-8-18(9-6-16)29(25,26)23(3)4/h5-10,13,15H,11-12H2,1-4H3,(H,22,24). The molecule has 1 atom stereocenters. The van der Waals surface area contributed by atoms with Crippen LogP contribution in [0.1, 0.15) is 12.5 Å². The van der Waals surface area contributed by atoms with Crippen LogP contribution in [0.3, 0.4) is 0 Å². The zero-order valence-electron chi connectivity index (χ0n) is 16.8. The fraction of sp³-hybridized carbons (Fsp3) is 0.350. The van der Waals surface area contributed by atoms with Crippen molar-refractivity contribution >= 4 is 27.5 Å². The highest BCUT2D eigenvalue weighted by Crippen LogP contribution is 2.22. The van der Waals surface area contributed by atoms with Crippen LogP contribution in [0.4, 0.5) is 0 Å². The number of rotatable bonds is 9. The lowest BCUT2D eigenvalue weighted by atomic mass is 10.2. The van der Waals surface area contributed by atoms with Crippen LogP contribution in [0, 0.1) is 6.92 Å². The van der Waals surface area contributed by atoms with Gasteiger partial charge < -0.3 is 14.8 Å². The Balaban J connectivity index is 1.78. The molecule has 1 amide bonds. The molecule has 29 heavy (non-hydrogen) atoms. The van der Waals surface area contributed by atoms with Crippen LogP contribution in [-0.4, -0.2) is 52.0 Å². The van der Waals surface area contributed by atoms with Crippen LogP contribution in [0.2, 0.25) is 5.02 Å². The van der Waals surface area contributed by atoms with E-state index in [-0.39, 0.29) is 24.0 Å². The number of ether oxygens (including phenoxy) is 2. The summed E-state index contributed by atoms with van der Waals surface area (Å²) >= 11 is 5.98. The van der Waals surface area contributed by atoms with E-state index in [4.69, 9.17) is 21.1 Å². The normalized spacial score (nSPS) is 12.5. The number of hydrogen-bond donors (Lipinski definition) is 1. The van der Waals surface area contributed by atoms with Crippen molar-refractivity contribution in [2.45, 2.75) is 24.8 Å². The molecule has 0 aliphatic rings. The lowest BCUT2D eigenvalue weighted by Crippen LogP contribution is -2.38. The molecule has 1 unspecified atom stereocenters. The van der Waals surface area contributed by atoms with Crippen molar-refractivity contribution in [3.05, 3.63) is 53.1 Å². The van der Waals surface area contributed by atoms with E-state index in [2.05, 4.69) is 5.32 Å². The van der Waals surface area contributed by atoms with Gasteiger partial charge in [-0.15, -0.1) is 0 Å². The first-order chi connectivity index (χ1) is 13.6. The molecule has 0 saturated heterocycles. The lowest BCUT2D eigenvalue weighted by molar-refractivity contribution is -0.127. The Bertz CT molecular complexity index is 946. The van der Waals surface area contributed by atoms with Gasteiger partial charge >= 0.3 is 0 Å². The second-order valence-electron chi connectivity index (χ2n) is 6.57. The van der Waals surface area contributed by atoms with Crippen LogP contribution in [0.15, 0.2) is 47.4 Å². The summed E-state index contributed by atoms with van der Waals surface area (Å²) in [4.78, 5) is 12.3. The van der Waals surface area contributed by atoms with Crippen molar-refractivity contribution in [3.63, 3.8) is 0 Å². The van der Waals surface area contributed by atoms with Crippen LogP contribution in [-0.2, 0) is 14.8 Å². The van der Waals surface area contributed by atoms with Gasteiger partial charge in [-0.25, -0.2) is 12.7 Å². The molecular formula is C20H25ClN2O5S. The lowest BCUT2D eigenvalue weighted by Gasteiger charge is -2.16. The summed E-state index contributed by atoms with van der Waals surface area (Å²) < 4.78 is 36.4. The van der Waals surface area contributed by atoms with Crippen LogP contribution in [0.5, 0.6) is 11.5 Å². The molecule has 0 spiro atoms. The first kappa shape index (κ1) is 23.0. The van der Waals surface area contributed by atoms with Crippen molar-refractivity contribution < 1.29 is 22.7 Å². The van der Waals surface area contributed by atoms with E-state index in [0.717, 1.165) is 9.87 Å². The minimum atomic E-state index is -3.47. The summed E-state index contributed by atoms with van der Waals surface area (Å²) in [5.41, 5.74) is 0.870. The summed E-state index contributed by atoms with van der Waals surface area (Å²) in [7, 11) is -0.524. The van der Waals surface area contributed by atoms with Crippen molar-refractivity contribution in [1.82, 2.24) is 9.62 Å². The van der Waals surface area contributed by atoms with Gasteiger partial charge in [0, 0.05) is 19.1 Å². The van der Waals surface area contributed by atoms with Crippen molar-refractivity contribution in [2.75, 3.05) is 27.2 Å². The Labute approximate surface area is 176 Å². The van der Waals surface area contributed by atoms with Gasteiger partial charge in [0.15, 0.2) is 6.10 Å². The largest absolute Gasteiger partial charge is 0.492 e. The van der Waals surface area contributed by atoms with Crippen LogP contribution in [0.25, 0.3) is 0 Å². The summed E-state index contributed by atoms with van der Waals surface area (Å²) in [5.74, 6) is 0.810. The molecule has 2 aromatic rings. The highest BCUT2D eigenvalue weighted by molar-refractivity contribution is 7.89. The Morgan fingerprint density at radius 2 is 1.76 bits per heavy atom. The third-order valence-electron chi connectivity index (χ3n) is 4.08. The van der Waals surface area contributed by atoms with E-state index in [0.29, 0.717) is 16.5 Å². The van der Waals surface area contributed by atoms with Gasteiger partial charge in [-0.1, -0.05) is 11.6 Å². The van der Waals surface area contributed by atoms with E-state index in [1.54, 1.807) is 37.3 Å².